The second-order valence-electron chi connectivity index (χ2n) is 7.62. The monoisotopic (exact) mass is 381 g/mol. The van der Waals surface area contributed by atoms with Gasteiger partial charge in [-0.15, -0.1) is 0 Å². The first-order valence-corrected chi connectivity index (χ1v) is 10.5. The van der Waals surface area contributed by atoms with Crippen LogP contribution >= 0.6 is 0 Å². The molecule has 1 heterocycles. The van der Waals surface area contributed by atoms with Gasteiger partial charge in [0, 0.05) is 12.2 Å². The first-order chi connectivity index (χ1) is 13.6. The second-order valence-corrected chi connectivity index (χ2v) is 7.62. The Morgan fingerprint density at radius 2 is 1.86 bits per heavy atom. The molecule has 1 amide bonds. The van der Waals surface area contributed by atoms with Crippen LogP contribution in [-0.2, 0) is 19.4 Å². The molecule has 150 valence electrons. The highest BCUT2D eigenvalue weighted by molar-refractivity contribution is 5.94. The largest absolute Gasteiger partial charge is 0.333 e. The Hall–Kier alpha value is -2.40. The molecule has 1 atom stereocenters. The summed E-state index contributed by atoms with van der Waals surface area (Å²) in [5.74, 6) is -0.392. The van der Waals surface area contributed by atoms with Crippen molar-refractivity contribution in [2.45, 2.75) is 71.0 Å². The van der Waals surface area contributed by atoms with Gasteiger partial charge in [-0.3, -0.25) is 9.59 Å². The Balaban J connectivity index is 1.94. The summed E-state index contributed by atoms with van der Waals surface area (Å²) in [4.78, 5) is 26.1. The minimum absolute atomic E-state index is 0.189. The average Bonchev–Trinajstić information content (AvgIpc) is 2.68. The number of benzene rings is 1. The third kappa shape index (κ3) is 4.71. The second kappa shape index (κ2) is 9.69. The maximum atomic E-state index is 13.2. The number of carbonyl (C=O) groups is 1. The van der Waals surface area contributed by atoms with Crippen molar-refractivity contribution in [2.75, 3.05) is 0 Å². The lowest BCUT2D eigenvalue weighted by molar-refractivity contribution is 0.0935. The van der Waals surface area contributed by atoms with Gasteiger partial charge >= 0.3 is 0 Å². The van der Waals surface area contributed by atoms with Crippen molar-refractivity contribution >= 4 is 5.91 Å². The Morgan fingerprint density at radius 3 is 2.57 bits per heavy atom. The van der Waals surface area contributed by atoms with Crippen molar-refractivity contribution in [2.24, 2.45) is 5.73 Å². The Labute approximate surface area is 167 Å². The highest BCUT2D eigenvalue weighted by atomic mass is 16.2. The molecule has 1 aliphatic rings. The number of hydrogen-bond donors (Lipinski definition) is 2. The minimum Gasteiger partial charge on any atom is -0.333 e. The van der Waals surface area contributed by atoms with E-state index in [2.05, 4.69) is 12.2 Å². The number of aryl methyl sites for hydroxylation is 1. The molecule has 0 saturated carbocycles. The molecule has 0 bridgehead atoms. The summed E-state index contributed by atoms with van der Waals surface area (Å²) in [5.41, 5.74) is 9.25. The zero-order valence-corrected chi connectivity index (χ0v) is 16.7. The SMILES string of the molecule is CCCCn1c2c(cc(C(=O)N[C@@H](N)c3ccccc3)c1=O)CCCCCC2. The molecule has 1 aliphatic carbocycles. The number of amides is 1. The number of pyridine rings is 1. The lowest BCUT2D eigenvalue weighted by atomic mass is 9.95. The smallest absolute Gasteiger partial charge is 0.263 e. The van der Waals surface area contributed by atoms with Crippen LogP contribution in [0.25, 0.3) is 0 Å². The zero-order chi connectivity index (χ0) is 19.9. The van der Waals surface area contributed by atoms with Gasteiger partial charge in [0.05, 0.1) is 0 Å². The van der Waals surface area contributed by atoms with Gasteiger partial charge in [0.15, 0.2) is 0 Å². The summed E-state index contributed by atoms with van der Waals surface area (Å²) < 4.78 is 1.85. The van der Waals surface area contributed by atoms with Crippen molar-refractivity contribution in [1.82, 2.24) is 9.88 Å². The average molecular weight is 382 g/mol. The number of hydrogen-bond acceptors (Lipinski definition) is 3. The fourth-order valence-corrected chi connectivity index (χ4v) is 3.91. The fourth-order valence-electron chi connectivity index (χ4n) is 3.91. The van der Waals surface area contributed by atoms with Crippen molar-refractivity contribution in [3.8, 4) is 0 Å². The van der Waals surface area contributed by atoms with Crippen LogP contribution in [0, 0.1) is 0 Å². The number of aromatic nitrogens is 1. The summed E-state index contributed by atoms with van der Waals surface area (Å²) in [7, 11) is 0. The number of unbranched alkanes of at least 4 members (excludes halogenated alkanes) is 1. The molecular weight excluding hydrogens is 350 g/mol. The van der Waals surface area contributed by atoms with Gasteiger partial charge in [0.1, 0.15) is 11.7 Å². The number of nitrogens with one attached hydrogen (secondary N) is 1. The van der Waals surface area contributed by atoms with Crippen LogP contribution in [0.4, 0.5) is 0 Å². The van der Waals surface area contributed by atoms with E-state index >= 15 is 0 Å². The standard InChI is InChI=1S/C23H31N3O2/c1-2-3-15-26-20-14-10-5-4-7-13-18(20)16-19(23(26)28)22(27)25-21(24)17-11-8-6-9-12-17/h6,8-9,11-12,16,21H,2-5,7,10,13-15,24H2,1H3,(H,25,27)/t21-/m1/s1. The number of rotatable bonds is 6. The third-order valence-electron chi connectivity index (χ3n) is 5.53. The molecule has 3 rings (SSSR count). The van der Waals surface area contributed by atoms with E-state index in [-0.39, 0.29) is 11.1 Å². The summed E-state index contributed by atoms with van der Waals surface area (Å²) in [5, 5.41) is 2.80. The molecular formula is C23H31N3O2. The number of nitrogens with two attached hydrogens (primary N) is 1. The molecule has 0 unspecified atom stereocenters. The van der Waals surface area contributed by atoms with Crippen LogP contribution in [0.2, 0.25) is 0 Å². The van der Waals surface area contributed by atoms with E-state index in [0.29, 0.717) is 6.54 Å². The summed E-state index contributed by atoms with van der Waals surface area (Å²) >= 11 is 0. The van der Waals surface area contributed by atoms with Gasteiger partial charge in [-0.1, -0.05) is 56.5 Å². The van der Waals surface area contributed by atoms with E-state index in [1.165, 1.54) is 12.8 Å². The van der Waals surface area contributed by atoms with E-state index in [1.807, 2.05) is 41.0 Å². The van der Waals surface area contributed by atoms with Gasteiger partial charge in [-0.25, -0.2) is 0 Å². The van der Waals surface area contributed by atoms with Gasteiger partial charge in [0.2, 0.25) is 0 Å². The van der Waals surface area contributed by atoms with Crippen LogP contribution in [-0.4, -0.2) is 10.5 Å². The number of carbonyl (C=O) groups excluding carboxylic acids is 1. The Kier molecular flexibility index (Phi) is 7.04. The maximum Gasteiger partial charge on any atom is 0.263 e. The highest BCUT2D eigenvalue weighted by Crippen LogP contribution is 2.21. The van der Waals surface area contributed by atoms with E-state index < -0.39 is 12.1 Å². The molecule has 1 aromatic heterocycles. The molecule has 3 N–H and O–H groups in total. The summed E-state index contributed by atoms with van der Waals surface area (Å²) in [6.45, 7) is 2.79. The van der Waals surface area contributed by atoms with Crippen molar-refractivity contribution in [1.29, 1.82) is 0 Å². The van der Waals surface area contributed by atoms with Crippen LogP contribution in [0.5, 0.6) is 0 Å². The lowest BCUT2D eigenvalue weighted by Gasteiger charge is -2.21. The van der Waals surface area contributed by atoms with Gasteiger partial charge in [0.25, 0.3) is 11.5 Å². The number of nitrogens with zero attached hydrogens (tertiary/aromatic N) is 1. The molecule has 0 aliphatic heterocycles. The fraction of sp³-hybridized carbons (Fsp3) is 0.478. The summed E-state index contributed by atoms with van der Waals surface area (Å²) in [6.07, 6.45) is 7.75. The molecule has 1 aromatic carbocycles. The third-order valence-corrected chi connectivity index (χ3v) is 5.53. The van der Waals surface area contributed by atoms with Gasteiger partial charge < -0.3 is 15.6 Å². The topological polar surface area (TPSA) is 77.1 Å². The maximum absolute atomic E-state index is 13.2. The molecule has 5 heteroatoms. The first-order valence-electron chi connectivity index (χ1n) is 10.5. The Morgan fingerprint density at radius 1 is 1.14 bits per heavy atom. The zero-order valence-electron chi connectivity index (χ0n) is 16.7. The first kappa shape index (κ1) is 20.3. The predicted octanol–water partition coefficient (Wildman–Crippen LogP) is 3.69. The Bertz CT molecular complexity index is 858. The molecule has 0 fully saturated rings. The highest BCUT2D eigenvalue weighted by Gasteiger charge is 2.21. The lowest BCUT2D eigenvalue weighted by Crippen LogP contribution is -2.39. The minimum atomic E-state index is -0.640. The molecule has 0 radical (unpaired) electrons. The van der Waals surface area contributed by atoms with Crippen molar-refractivity contribution in [3.63, 3.8) is 0 Å². The number of fused-ring (bicyclic) bond motifs is 1. The molecule has 2 aromatic rings. The van der Waals surface area contributed by atoms with Gasteiger partial charge in [-0.2, -0.15) is 0 Å². The molecule has 5 nitrogen and oxygen atoms in total. The van der Waals surface area contributed by atoms with Crippen molar-refractivity contribution in [3.05, 3.63) is 69.1 Å². The van der Waals surface area contributed by atoms with Crippen LogP contribution < -0.4 is 16.6 Å². The quantitative estimate of drug-likeness (QED) is 0.749. The van der Waals surface area contributed by atoms with E-state index in [9.17, 15) is 9.59 Å². The van der Waals surface area contributed by atoms with Crippen LogP contribution in [0.15, 0.2) is 41.2 Å². The van der Waals surface area contributed by atoms with Crippen molar-refractivity contribution < 1.29 is 4.79 Å². The van der Waals surface area contributed by atoms with E-state index in [0.717, 1.165) is 55.3 Å². The van der Waals surface area contributed by atoms with Gasteiger partial charge in [-0.05, 0) is 49.3 Å². The normalized spacial score (nSPS) is 15.2. The van der Waals surface area contributed by atoms with E-state index in [1.54, 1.807) is 0 Å². The molecule has 28 heavy (non-hydrogen) atoms. The van der Waals surface area contributed by atoms with Crippen LogP contribution in [0.1, 0.15) is 78.8 Å². The van der Waals surface area contributed by atoms with E-state index in [4.69, 9.17) is 5.73 Å². The summed E-state index contributed by atoms with van der Waals surface area (Å²) in [6, 6.07) is 11.2. The molecule has 0 saturated heterocycles. The molecule has 0 spiro atoms. The predicted molar refractivity (Wildman–Crippen MR) is 112 cm³/mol. The van der Waals surface area contributed by atoms with Crippen LogP contribution in [0.3, 0.4) is 0 Å².